The summed E-state index contributed by atoms with van der Waals surface area (Å²) in [4.78, 5) is 13.2. The molecule has 0 spiro atoms. The van der Waals surface area contributed by atoms with Crippen LogP contribution in [0.25, 0.3) is 0 Å². The zero-order chi connectivity index (χ0) is 15.2. The van der Waals surface area contributed by atoms with Gasteiger partial charge in [-0.15, -0.1) is 0 Å². The van der Waals surface area contributed by atoms with E-state index in [9.17, 15) is 4.79 Å². The highest BCUT2D eigenvalue weighted by Crippen LogP contribution is 2.31. The molecule has 1 amide bonds. The van der Waals surface area contributed by atoms with Crippen molar-refractivity contribution < 1.29 is 9.90 Å². The lowest BCUT2D eigenvalue weighted by Crippen LogP contribution is -2.28. The van der Waals surface area contributed by atoms with Gasteiger partial charge >= 0.3 is 6.09 Å². The van der Waals surface area contributed by atoms with E-state index in [4.69, 9.17) is 5.11 Å². The van der Waals surface area contributed by atoms with Crippen molar-refractivity contribution in [2.24, 2.45) is 0 Å². The Morgan fingerprint density at radius 2 is 1.81 bits per heavy atom. The summed E-state index contributed by atoms with van der Waals surface area (Å²) in [6, 6.07) is 4.51. The van der Waals surface area contributed by atoms with Crippen molar-refractivity contribution in [1.82, 2.24) is 5.32 Å². The first kappa shape index (κ1) is 15.7. The maximum atomic E-state index is 10.8. The lowest BCUT2D eigenvalue weighted by atomic mass is 10.0. The molecule has 0 atom stereocenters. The van der Waals surface area contributed by atoms with Crippen molar-refractivity contribution in [3.63, 3.8) is 0 Å². The molecule has 0 unspecified atom stereocenters. The first-order valence-corrected chi connectivity index (χ1v) is 8.02. The Bertz CT molecular complexity index is 494. The summed E-state index contributed by atoms with van der Waals surface area (Å²) in [5, 5.41) is 11.4. The molecule has 0 radical (unpaired) electrons. The van der Waals surface area contributed by atoms with Crippen LogP contribution in [-0.4, -0.2) is 24.3 Å². The van der Waals surface area contributed by atoms with E-state index in [0.29, 0.717) is 6.54 Å². The summed E-state index contributed by atoms with van der Waals surface area (Å²) in [5.74, 6) is 0. The van der Waals surface area contributed by atoms with Crippen LogP contribution in [0.3, 0.4) is 0 Å². The van der Waals surface area contributed by atoms with E-state index < -0.39 is 6.09 Å². The van der Waals surface area contributed by atoms with Gasteiger partial charge in [-0.05, 0) is 54.9 Å². The lowest BCUT2D eigenvalue weighted by molar-refractivity contribution is 0.194. The fraction of sp³-hybridized carbons (Fsp3) is 0.588. The molecular weight excluding hydrogens is 264 g/mol. The van der Waals surface area contributed by atoms with E-state index in [1.54, 1.807) is 0 Å². The van der Waals surface area contributed by atoms with Gasteiger partial charge in [0, 0.05) is 25.3 Å². The maximum Gasteiger partial charge on any atom is 0.404 e. The molecule has 1 aliphatic rings. The first-order valence-electron chi connectivity index (χ1n) is 8.02. The molecule has 2 rings (SSSR count). The monoisotopic (exact) mass is 290 g/mol. The van der Waals surface area contributed by atoms with Crippen LogP contribution in [-0.2, 0) is 19.4 Å². The van der Waals surface area contributed by atoms with Crippen LogP contribution in [0.4, 0.5) is 10.5 Å². The van der Waals surface area contributed by atoms with Gasteiger partial charge in [-0.3, -0.25) is 0 Å². The van der Waals surface area contributed by atoms with Crippen LogP contribution < -0.4 is 10.2 Å². The Balaban J connectivity index is 2.32. The van der Waals surface area contributed by atoms with Crippen LogP contribution >= 0.6 is 0 Å². The second kappa shape index (κ2) is 7.34. The summed E-state index contributed by atoms with van der Waals surface area (Å²) < 4.78 is 0. The molecule has 4 nitrogen and oxygen atoms in total. The van der Waals surface area contributed by atoms with E-state index in [2.05, 4.69) is 36.2 Å². The fourth-order valence-electron chi connectivity index (χ4n) is 3.16. The van der Waals surface area contributed by atoms with Gasteiger partial charge in [0.2, 0.25) is 0 Å². The van der Waals surface area contributed by atoms with E-state index in [1.165, 1.54) is 23.2 Å². The Labute approximate surface area is 127 Å². The summed E-state index contributed by atoms with van der Waals surface area (Å²) in [6.45, 7) is 6.80. The Kier molecular flexibility index (Phi) is 5.48. The largest absolute Gasteiger partial charge is 0.465 e. The predicted molar refractivity (Wildman–Crippen MR) is 86.1 cm³/mol. The molecule has 0 saturated heterocycles. The minimum absolute atomic E-state index is 0.391. The third-order valence-corrected chi connectivity index (χ3v) is 4.05. The van der Waals surface area contributed by atoms with Crippen molar-refractivity contribution in [3.8, 4) is 0 Å². The number of hydrogen-bond donors (Lipinski definition) is 2. The molecule has 0 bridgehead atoms. The molecule has 4 heteroatoms. The van der Waals surface area contributed by atoms with Crippen LogP contribution in [0.1, 0.15) is 49.8 Å². The van der Waals surface area contributed by atoms with Gasteiger partial charge in [0.1, 0.15) is 0 Å². The minimum Gasteiger partial charge on any atom is -0.465 e. The van der Waals surface area contributed by atoms with Crippen LogP contribution in [0.2, 0.25) is 0 Å². The Morgan fingerprint density at radius 3 is 2.38 bits per heavy atom. The normalized spacial score (nSPS) is 13.0. The van der Waals surface area contributed by atoms with Crippen LogP contribution in [0.5, 0.6) is 0 Å². The van der Waals surface area contributed by atoms with E-state index in [1.807, 2.05) is 0 Å². The highest BCUT2D eigenvalue weighted by Gasteiger charge is 2.18. The van der Waals surface area contributed by atoms with Gasteiger partial charge in [0.05, 0.1) is 0 Å². The van der Waals surface area contributed by atoms with Gasteiger partial charge in [0.25, 0.3) is 0 Å². The SMILES string of the molecule is CCCN(CCC)c1cc2c(cc1CNC(=O)O)CCC2. The molecule has 1 aliphatic carbocycles. The topological polar surface area (TPSA) is 52.6 Å². The van der Waals surface area contributed by atoms with Gasteiger partial charge in [-0.2, -0.15) is 0 Å². The molecule has 0 saturated carbocycles. The fourth-order valence-corrected chi connectivity index (χ4v) is 3.16. The first-order chi connectivity index (χ1) is 10.2. The number of benzene rings is 1. The van der Waals surface area contributed by atoms with E-state index in [0.717, 1.165) is 44.3 Å². The third kappa shape index (κ3) is 3.90. The highest BCUT2D eigenvalue weighted by atomic mass is 16.4. The number of hydrogen-bond acceptors (Lipinski definition) is 2. The average Bonchev–Trinajstić information content (AvgIpc) is 2.91. The molecule has 0 aliphatic heterocycles. The summed E-state index contributed by atoms with van der Waals surface area (Å²) in [5.41, 5.74) is 5.17. The quantitative estimate of drug-likeness (QED) is 0.807. The number of nitrogens with one attached hydrogen (secondary N) is 1. The third-order valence-electron chi connectivity index (χ3n) is 4.05. The molecular formula is C17H26N2O2. The highest BCUT2D eigenvalue weighted by molar-refractivity contribution is 5.66. The zero-order valence-corrected chi connectivity index (χ0v) is 13.1. The Morgan fingerprint density at radius 1 is 1.19 bits per heavy atom. The van der Waals surface area contributed by atoms with E-state index >= 15 is 0 Å². The number of aryl methyl sites for hydroxylation is 2. The standard InChI is InChI=1S/C17H26N2O2/c1-3-8-19(9-4-2)16-11-14-7-5-6-13(14)10-15(16)12-18-17(20)21/h10-11,18H,3-9,12H2,1-2H3,(H,20,21). The van der Waals surface area contributed by atoms with Gasteiger partial charge in [-0.1, -0.05) is 19.9 Å². The molecule has 0 aromatic heterocycles. The molecule has 0 heterocycles. The van der Waals surface area contributed by atoms with Crippen LogP contribution in [0, 0.1) is 0 Å². The molecule has 2 N–H and O–H groups in total. The number of fused-ring (bicyclic) bond motifs is 1. The molecule has 21 heavy (non-hydrogen) atoms. The van der Waals surface area contributed by atoms with Crippen molar-refractivity contribution in [3.05, 3.63) is 28.8 Å². The maximum absolute atomic E-state index is 10.8. The average molecular weight is 290 g/mol. The molecule has 1 aromatic carbocycles. The molecule has 116 valence electrons. The minimum atomic E-state index is -0.959. The summed E-state index contributed by atoms with van der Waals surface area (Å²) in [6.07, 6.45) is 4.73. The summed E-state index contributed by atoms with van der Waals surface area (Å²) in [7, 11) is 0. The second-order valence-electron chi connectivity index (χ2n) is 5.75. The zero-order valence-electron chi connectivity index (χ0n) is 13.1. The van der Waals surface area contributed by atoms with Crippen molar-refractivity contribution in [2.75, 3.05) is 18.0 Å². The van der Waals surface area contributed by atoms with Crippen molar-refractivity contribution in [2.45, 2.75) is 52.5 Å². The number of nitrogens with zero attached hydrogens (tertiary/aromatic N) is 1. The number of carboxylic acid groups (broad SMARTS) is 1. The van der Waals surface area contributed by atoms with Crippen molar-refractivity contribution in [1.29, 1.82) is 0 Å². The number of rotatable bonds is 7. The van der Waals surface area contributed by atoms with E-state index in [-0.39, 0.29) is 0 Å². The number of carbonyl (C=O) groups is 1. The lowest BCUT2D eigenvalue weighted by Gasteiger charge is -2.27. The number of anilines is 1. The summed E-state index contributed by atoms with van der Waals surface area (Å²) >= 11 is 0. The van der Waals surface area contributed by atoms with Gasteiger partial charge in [0.15, 0.2) is 0 Å². The molecule has 0 fully saturated rings. The smallest absolute Gasteiger partial charge is 0.404 e. The van der Waals surface area contributed by atoms with Gasteiger partial charge < -0.3 is 15.3 Å². The number of amides is 1. The Hall–Kier alpha value is -1.71. The van der Waals surface area contributed by atoms with Gasteiger partial charge in [-0.25, -0.2) is 4.79 Å². The predicted octanol–water partition coefficient (Wildman–Crippen LogP) is 3.57. The molecule has 1 aromatic rings. The van der Waals surface area contributed by atoms with Crippen molar-refractivity contribution >= 4 is 11.8 Å². The van der Waals surface area contributed by atoms with Crippen LogP contribution in [0.15, 0.2) is 12.1 Å². The second-order valence-corrected chi connectivity index (χ2v) is 5.75.